The lowest BCUT2D eigenvalue weighted by molar-refractivity contribution is 0.0933. The molecule has 0 radical (unpaired) electrons. The molecule has 0 saturated carbocycles. The van der Waals surface area contributed by atoms with Crippen molar-refractivity contribution in [2.45, 2.75) is 18.1 Å². The van der Waals surface area contributed by atoms with E-state index in [1.165, 1.54) is 30.0 Å². The van der Waals surface area contributed by atoms with E-state index in [1.807, 2.05) is 0 Å². The van der Waals surface area contributed by atoms with Gasteiger partial charge in [0, 0.05) is 12.6 Å². The molecule has 7 nitrogen and oxygen atoms in total. The van der Waals surface area contributed by atoms with E-state index in [9.17, 15) is 14.0 Å². The molecule has 1 atom stereocenters. The third-order valence-electron chi connectivity index (χ3n) is 4.47. The fourth-order valence-electron chi connectivity index (χ4n) is 2.80. The molecular weight excluding hydrogens is 407 g/mol. The summed E-state index contributed by atoms with van der Waals surface area (Å²) in [6, 6.07) is 12.2. The van der Waals surface area contributed by atoms with Gasteiger partial charge in [-0.3, -0.25) is 9.59 Å². The summed E-state index contributed by atoms with van der Waals surface area (Å²) in [5.41, 5.74) is 0.544. The number of ketones is 1. The van der Waals surface area contributed by atoms with Gasteiger partial charge in [0.2, 0.25) is 0 Å². The summed E-state index contributed by atoms with van der Waals surface area (Å²) in [6.07, 6.45) is 0. The molecule has 0 bridgehead atoms. The van der Waals surface area contributed by atoms with Crippen LogP contribution in [0.25, 0.3) is 0 Å². The lowest BCUT2D eigenvalue weighted by Gasteiger charge is -2.14. The third-order valence-corrected chi connectivity index (χ3v) is 5.49. The van der Waals surface area contributed by atoms with Crippen LogP contribution in [-0.4, -0.2) is 39.3 Å². The number of nitrogens with zero attached hydrogens (tertiary/aromatic N) is 3. The Kier molecular flexibility index (Phi) is 6.83. The van der Waals surface area contributed by atoms with Crippen LogP contribution >= 0.6 is 11.8 Å². The predicted octanol–water partition coefficient (Wildman–Crippen LogP) is 3.43. The summed E-state index contributed by atoms with van der Waals surface area (Å²) in [4.78, 5) is 24.7. The van der Waals surface area contributed by atoms with Crippen molar-refractivity contribution in [2.75, 3.05) is 12.9 Å². The van der Waals surface area contributed by atoms with E-state index in [0.717, 1.165) is 0 Å². The first-order valence-corrected chi connectivity index (χ1v) is 10.1. The largest absolute Gasteiger partial charge is 0.497 e. The van der Waals surface area contributed by atoms with Crippen molar-refractivity contribution < 1.29 is 18.7 Å². The van der Waals surface area contributed by atoms with Crippen LogP contribution in [0.1, 0.15) is 39.5 Å². The van der Waals surface area contributed by atoms with E-state index in [0.29, 0.717) is 22.3 Å². The highest BCUT2D eigenvalue weighted by atomic mass is 32.2. The van der Waals surface area contributed by atoms with Gasteiger partial charge in [-0.1, -0.05) is 23.9 Å². The SMILES string of the molecule is COc1ccc(C(=O)CSc2nnc(C(C)NC(=O)c3ccccc3F)n2C)cc1. The van der Waals surface area contributed by atoms with E-state index < -0.39 is 17.8 Å². The number of methoxy groups -OCH3 is 1. The molecule has 2 aromatic carbocycles. The van der Waals surface area contributed by atoms with Gasteiger partial charge >= 0.3 is 0 Å². The van der Waals surface area contributed by atoms with Crippen LogP contribution in [0.5, 0.6) is 5.75 Å². The maximum atomic E-state index is 13.8. The molecule has 0 aliphatic carbocycles. The normalized spacial score (nSPS) is 11.7. The molecule has 1 N–H and O–H groups in total. The second kappa shape index (κ2) is 9.53. The zero-order valence-electron chi connectivity index (χ0n) is 16.8. The summed E-state index contributed by atoms with van der Waals surface area (Å²) < 4.78 is 20.6. The number of benzene rings is 2. The third kappa shape index (κ3) is 4.85. The molecule has 9 heteroatoms. The Bertz CT molecular complexity index is 1050. The minimum atomic E-state index is -0.589. The number of halogens is 1. The van der Waals surface area contributed by atoms with Gasteiger partial charge in [-0.05, 0) is 43.3 Å². The zero-order chi connectivity index (χ0) is 21.7. The average Bonchev–Trinajstić information content (AvgIpc) is 3.12. The Hall–Kier alpha value is -3.20. The Morgan fingerprint density at radius 1 is 1.17 bits per heavy atom. The Labute approximate surface area is 177 Å². The van der Waals surface area contributed by atoms with Gasteiger partial charge in [-0.2, -0.15) is 0 Å². The van der Waals surface area contributed by atoms with Crippen molar-refractivity contribution >= 4 is 23.5 Å². The van der Waals surface area contributed by atoms with Crippen molar-refractivity contribution in [3.8, 4) is 5.75 Å². The summed E-state index contributed by atoms with van der Waals surface area (Å²) in [6.45, 7) is 1.74. The van der Waals surface area contributed by atoms with Crippen LogP contribution in [0.4, 0.5) is 4.39 Å². The van der Waals surface area contributed by atoms with E-state index >= 15 is 0 Å². The van der Waals surface area contributed by atoms with Gasteiger partial charge in [0.15, 0.2) is 16.8 Å². The molecule has 0 aliphatic heterocycles. The van der Waals surface area contributed by atoms with Crippen molar-refractivity contribution in [3.05, 3.63) is 71.3 Å². The first kappa shape index (κ1) is 21.5. The minimum Gasteiger partial charge on any atom is -0.497 e. The minimum absolute atomic E-state index is 0.0359. The molecule has 1 amide bonds. The number of hydrogen-bond acceptors (Lipinski definition) is 6. The molecular formula is C21H21FN4O3S. The quantitative estimate of drug-likeness (QED) is 0.437. The topological polar surface area (TPSA) is 86.1 Å². The highest BCUT2D eigenvalue weighted by Gasteiger charge is 2.20. The molecule has 0 saturated heterocycles. The summed E-state index contributed by atoms with van der Waals surface area (Å²) in [5, 5.41) is 11.5. The number of nitrogens with one attached hydrogen (secondary N) is 1. The number of hydrogen-bond donors (Lipinski definition) is 1. The van der Waals surface area contributed by atoms with Crippen LogP contribution in [0.3, 0.4) is 0 Å². The van der Waals surface area contributed by atoms with E-state index in [-0.39, 0.29) is 17.1 Å². The Morgan fingerprint density at radius 2 is 1.87 bits per heavy atom. The molecule has 156 valence electrons. The number of aromatic nitrogens is 3. The second-order valence-electron chi connectivity index (χ2n) is 6.52. The molecule has 1 unspecified atom stereocenters. The molecule has 1 aromatic heterocycles. The number of ether oxygens (including phenoxy) is 1. The van der Waals surface area contributed by atoms with Gasteiger partial charge in [0.25, 0.3) is 5.91 Å². The monoisotopic (exact) mass is 428 g/mol. The number of Topliss-reactive ketones (excluding diaryl/α,β-unsaturated/α-hetero) is 1. The molecule has 0 fully saturated rings. The highest BCUT2D eigenvalue weighted by molar-refractivity contribution is 7.99. The number of rotatable bonds is 8. The molecule has 0 spiro atoms. The first-order valence-electron chi connectivity index (χ1n) is 9.15. The number of carbonyl (C=O) groups is 2. The van der Waals surface area contributed by atoms with Crippen LogP contribution < -0.4 is 10.1 Å². The standard InChI is InChI=1S/C21H21FN4O3S/c1-13(23-20(28)16-6-4-5-7-17(16)22)19-24-25-21(26(19)2)30-12-18(27)14-8-10-15(29-3)11-9-14/h4-11,13H,12H2,1-3H3,(H,23,28). The predicted molar refractivity (Wildman–Crippen MR) is 111 cm³/mol. The van der Waals surface area contributed by atoms with Crippen LogP contribution in [0.15, 0.2) is 53.7 Å². The Morgan fingerprint density at radius 3 is 2.53 bits per heavy atom. The average molecular weight is 428 g/mol. The van der Waals surface area contributed by atoms with Crippen molar-refractivity contribution in [2.24, 2.45) is 7.05 Å². The lowest BCUT2D eigenvalue weighted by atomic mass is 10.1. The number of carbonyl (C=O) groups excluding carboxylic acids is 2. The summed E-state index contributed by atoms with van der Waals surface area (Å²) in [5.74, 6) is 0.200. The van der Waals surface area contributed by atoms with E-state index in [1.54, 1.807) is 56.0 Å². The van der Waals surface area contributed by atoms with Gasteiger partial charge in [-0.25, -0.2) is 4.39 Å². The molecule has 0 aliphatic rings. The van der Waals surface area contributed by atoms with Crippen molar-refractivity contribution in [1.29, 1.82) is 0 Å². The first-order chi connectivity index (χ1) is 14.4. The Balaban J connectivity index is 1.62. The molecule has 3 aromatic rings. The van der Waals surface area contributed by atoms with Crippen LogP contribution in [0.2, 0.25) is 0 Å². The number of amides is 1. The summed E-state index contributed by atoms with van der Waals surface area (Å²) >= 11 is 1.25. The molecule has 1 heterocycles. The lowest BCUT2D eigenvalue weighted by Crippen LogP contribution is -2.29. The summed E-state index contributed by atoms with van der Waals surface area (Å²) in [7, 11) is 3.32. The van der Waals surface area contributed by atoms with Gasteiger partial charge in [-0.15, -0.1) is 10.2 Å². The van der Waals surface area contributed by atoms with Crippen molar-refractivity contribution in [1.82, 2.24) is 20.1 Å². The molecule has 30 heavy (non-hydrogen) atoms. The van der Waals surface area contributed by atoms with Crippen molar-refractivity contribution in [3.63, 3.8) is 0 Å². The van der Waals surface area contributed by atoms with Gasteiger partial charge < -0.3 is 14.6 Å². The van der Waals surface area contributed by atoms with E-state index in [4.69, 9.17) is 4.74 Å². The zero-order valence-corrected chi connectivity index (χ0v) is 17.6. The maximum absolute atomic E-state index is 13.8. The fourth-order valence-corrected chi connectivity index (χ4v) is 3.62. The maximum Gasteiger partial charge on any atom is 0.254 e. The highest BCUT2D eigenvalue weighted by Crippen LogP contribution is 2.21. The number of thioether (sulfide) groups is 1. The molecule has 3 rings (SSSR count). The van der Waals surface area contributed by atoms with Crippen LogP contribution in [-0.2, 0) is 7.05 Å². The van der Waals surface area contributed by atoms with E-state index in [2.05, 4.69) is 15.5 Å². The smallest absolute Gasteiger partial charge is 0.254 e. The van der Waals surface area contributed by atoms with Gasteiger partial charge in [0.1, 0.15) is 11.6 Å². The van der Waals surface area contributed by atoms with Gasteiger partial charge in [0.05, 0.1) is 24.5 Å². The second-order valence-corrected chi connectivity index (χ2v) is 7.46. The van der Waals surface area contributed by atoms with Crippen LogP contribution in [0, 0.1) is 5.82 Å². The fraction of sp³-hybridized carbons (Fsp3) is 0.238.